The molecule has 5 aliphatic rings. The van der Waals surface area contributed by atoms with Crippen LogP contribution in [0.25, 0.3) is 0 Å². The molecule has 3 amide bonds. The number of nitrogens with zero attached hydrogens (tertiary/aromatic N) is 4. The number of halogens is 3. The first kappa shape index (κ1) is 24.7. The van der Waals surface area contributed by atoms with E-state index < -0.39 is 18.0 Å². The maximum atomic E-state index is 13.0. The molecule has 0 bridgehead atoms. The van der Waals surface area contributed by atoms with Crippen molar-refractivity contribution in [2.45, 2.75) is 63.1 Å². The zero-order valence-corrected chi connectivity index (χ0v) is 21.5. The molecule has 2 aliphatic heterocycles. The summed E-state index contributed by atoms with van der Waals surface area (Å²) in [4.78, 5) is 33.2. The second kappa shape index (κ2) is 8.34. The number of hydrogen-bond acceptors (Lipinski definition) is 5. The number of aromatic amines is 1. The molecule has 0 unspecified atom stereocenters. The number of benzene rings is 1. The quantitative estimate of drug-likeness (QED) is 0.572. The van der Waals surface area contributed by atoms with Crippen LogP contribution in [-0.2, 0) is 6.42 Å². The molecule has 2 spiro atoms. The summed E-state index contributed by atoms with van der Waals surface area (Å²) in [6.45, 7) is 3.12. The number of nitrogens with two attached hydrogens (primary N) is 1. The summed E-state index contributed by atoms with van der Waals surface area (Å²) >= 11 is 0. The third-order valence-electron chi connectivity index (χ3n) is 9.36. The summed E-state index contributed by atoms with van der Waals surface area (Å²) < 4.78 is 41.8. The number of urea groups is 1. The fourth-order valence-electron chi connectivity index (χ4n) is 7.44. The van der Waals surface area contributed by atoms with E-state index >= 15 is 0 Å². The van der Waals surface area contributed by atoms with Crippen molar-refractivity contribution in [3.05, 3.63) is 41.0 Å². The third kappa shape index (κ3) is 4.51. The molecule has 12 heteroatoms. The lowest BCUT2D eigenvalue weighted by atomic mass is 9.56. The van der Waals surface area contributed by atoms with Crippen LogP contribution in [0.4, 0.5) is 18.0 Å². The summed E-state index contributed by atoms with van der Waals surface area (Å²) in [6, 6.07) is 4.22. The summed E-state index contributed by atoms with van der Waals surface area (Å²) in [6.07, 6.45) is 2.15. The number of hydrogen-bond donors (Lipinski definition) is 2. The van der Waals surface area contributed by atoms with E-state index in [1.54, 1.807) is 6.07 Å². The van der Waals surface area contributed by atoms with Gasteiger partial charge in [-0.3, -0.25) is 9.89 Å². The minimum absolute atomic E-state index is 0.124. The lowest BCUT2D eigenvalue weighted by molar-refractivity contribution is -0.274. The Morgan fingerprint density at radius 3 is 2.26 bits per heavy atom. The van der Waals surface area contributed by atoms with E-state index in [1.165, 1.54) is 18.9 Å². The van der Waals surface area contributed by atoms with Crippen molar-refractivity contribution < 1.29 is 27.5 Å². The Bertz CT molecular complexity index is 1310. The maximum absolute atomic E-state index is 13.0. The Morgan fingerprint density at radius 1 is 1.03 bits per heavy atom. The van der Waals surface area contributed by atoms with Gasteiger partial charge in [-0.05, 0) is 68.6 Å². The van der Waals surface area contributed by atoms with Gasteiger partial charge in [-0.25, -0.2) is 9.78 Å². The Labute approximate surface area is 223 Å². The van der Waals surface area contributed by atoms with Gasteiger partial charge in [0, 0.05) is 48.8 Å². The number of H-pyrrole nitrogens is 1. The highest BCUT2D eigenvalue weighted by atomic mass is 19.4. The molecule has 1 aromatic heterocycles. The van der Waals surface area contributed by atoms with Crippen molar-refractivity contribution in [3.63, 3.8) is 0 Å². The highest BCUT2D eigenvalue weighted by Crippen LogP contribution is 2.57. The average molecular weight is 545 g/mol. The van der Waals surface area contributed by atoms with Crippen molar-refractivity contribution in [1.82, 2.24) is 25.0 Å². The van der Waals surface area contributed by atoms with Crippen molar-refractivity contribution in [3.8, 4) is 5.75 Å². The molecule has 3 saturated carbocycles. The Hall–Kier alpha value is -3.31. The predicted molar refractivity (Wildman–Crippen MR) is 132 cm³/mol. The SMILES string of the molecule is NC(=O)c1cc(CC2CC3(C2)CN(C(=O)N2CC4(CC(c5n[nH]c(C6CC6)n5)C4)C2)C3)ccc1OC(F)(F)F. The normalized spacial score (nSPS) is 23.7. The van der Waals surface area contributed by atoms with E-state index in [0.717, 1.165) is 75.1 Å². The summed E-state index contributed by atoms with van der Waals surface area (Å²) in [5.74, 6) is 1.76. The van der Waals surface area contributed by atoms with Crippen LogP contribution < -0.4 is 10.5 Å². The molecular weight excluding hydrogens is 513 g/mol. The number of nitrogens with one attached hydrogen (secondary N) is 1. The van der Waals surface area contributed by atoms with Crippen molar-refractivity contribution in [2.24, 2.45) is 22.5 Å². The molecule has 5 fully saturated rings. The molecule has 0 radical (unpaired) electrons. The van der Waals surface area contributed by atoms with E-state index in [9.17, 15) is 22.8 Å². The number of ether oxygens (including phenoxy) is 1. The molecule has 1 aromatic carbocycles. The first-order valence-electron chi connectivity index (χ1n) is 13.6. The largest absolute Gasteiger partial charge is 0.573 e. The van der Waals surface area contributed by atoms with E-state index in [-0.39, 0.29) is 22.4 Å². The number of alkyl halides is 3. The molecule has 2 saturated heterocycles. The second-order valence-corrected chi connectivity index (χ2v) is 12.7. The predicted octanol–water partition coefficient (Wildman–Crippen LogP) is 3.93. The van der Waals surface area contributed by atoms with Gasteiger partial charge in [-0.15, -0.1) is 13.2 Å². The van der Waals surface area contributed by atoms with Crippen LogP contribution in [-0.4, -0.2) is 69.5 Å². The first-order chi connectivity index (χ1) is 18.5. The van der Waals surface area contributed by atoms with Gasteiger partial charge >= 0.3 is 12.4 Å². The topological polar surface area (TPSA) is 117 Å². The minimum Gasteiger partial charge on any atom is -0.405 e. The van der Waals surface area contributed by atoms with Crippen molar-refractivity contribution in [2.75, 3.05) is 26.2 Å². The number of likely N-dealkylation sites (tertiary alicyclic amines) is 2. The summed E-state index contributed by atoms with van der Waals surface area (Å²) in [5, 5.41) is 7.52. The molecule has 2 aromatic rings. The molecule has 7 rings (SSSR count). The smallest absolute Gasteiger partial charge is 0.405 e. The van der Waals surface area contributed by atoms with E-state index in [1.807, 2.05) is 9.80 Å². The van der Waals surface area contributed by atoms with Gasteiger partial charge in [0.2, 0.25) is 0 Å². The van der Waals surface area contributed by atoms with Crippen LogP contribution in [0, 0.1) is 16.7 Å². The van der Waals surface area contributed by atoms with E-state index in [0.29, 0.717) is 24.2 Å². The van der Waals surface area contributed by atoms with Gasteiger partial charge in [0.15, 0.2) is 5.82 Å². The fourth-order valence-corrected chi connectivity index (χ4v) is 7.44. The molecule has 208 valence electrons. The van der Waals surface area contributed by atoms with Crippen LogP contribution in [0.15, 0.2) is 18.2 Å². The number of carbonyl (C=O) groups excluding carboxylic acids is 2. The second-order valence-electron chi connectivity index (χ2n) is 12.7. The van der Waals surface area contributed by atoms with Crippen LogP contribution in [0.5, 0.6) is 5.75 Å². The van der Waals surface area contributed by atoms with Crippen molar-refractivity contribution in [1.29, 1.82) is 0 Å². The van der Waals surface area contributed by atoms with E-state index in [4.69, 9.17) is 10.7 Å². The van der Waals surface area contributed by atoms with E-state index in [2.05, 4.69) is 14.9 Å². The third-order valence-corrected chi connectivity index (χ3v) is 9.36. The fraction of sp³-hybridized carbons (Fsp3) is 0.630. The van der Waals surface area contributed by atoms with Crippen LogP contribution >= 0.6 is 0 Å². The summed E-state index contributed by atoms with van der Waals surface area (Å²) in [7, 11) is 0. The molecule has 9 nitrogen and oxygen atoms in total. The average Bonchev–Trinajstić information content (AvgIpc) is 3.50. The Balaban J connectivity index is 0.856. The standard InChI is InChI=1S/C27H31F3N6O3/c28-27(29,30)39-20-4-1-15(6-19(20)21(31)37)5-16-7-25(8-16)11-35(12-25)24(38)36-13-26(14-36)9-18(10-26)23-32-22(33-34-23)17-2-3-17/h1,4,6,16-18H,2-3,5,7-14H2,(H2,31,37)(H,32,33,34). The Kier molecular flexibility index (Phi) is 5.29. The Morgan fingerprint density at radius 2 is 1.67 bits per heavy atom. The lowest BCUT2D eigenvalue weighted by Crippen LogP contribution is -2.70. The highest BCUT2D eigenvalue weighted by Gasteiger charge is 2.58. The summed E-state index contributed by atoms with van der Waals surface area (Å²) in [5.41, 5.74) is 6.13. The number of aromatic nitrogens is 3. The molecule has 39 heavy (non-hydrogen) atoms. The molecular formula is C27H31F3N6O3. The maximum Gasteiger partial charge on any atom is 0.573 e. The number of carbonyl (C=O) groups is 2. The number of rotatable bonds is 6. The van der Waals surface area contributed by atoms with Crippen LogP contribution in [0.3, 0.4) is 0 Å². The van der Waals surface area contributed by atoms with Crippen LogP contribution in [0.1, 0.15) is 77.9 Å². The van der Waals surface area contributed by atoms with Gasteiger partial charge in [0.05, 0.1) is 5.56 Å². The molecule has 3 N–H and O–H groups in total. The van der Waals surface area contributed by atoms with Crippen LogP contribution in [0.2, 0.25) is 0 Å². The lowest BCUT2D eigenvalue weighted by Gasteiger charge is -2.63. The number of primary amides is 1. The monoisotopic (exact) mass is 544 g/mol. The molecule has 3 heterocycles. The molecule has 3 aliphatic carbocycles. The van der Waals surface area contributed by atoms with Gasteiger partial charge in [-0.1, -0.05) is 6.07 Å². The number of amides is 3. The first-order valence-corrected chi connectivity index (χ1v) is 13.6. The highest BCUT2D eigenvalue weighted by molar-refractivity contribution is 5.95. The van der Waals surface area contributed by atoms with Gasteiger partial charge < -0.3 is 20.3 Å². The zero-order valence-electron chi connectivity index (χ0n) is 21.5. The van der Waals surface area contributed by atoms with Gasteiger partial charge in [0.25, 0.3) is 5.91 Å². The molecule has 0 atom stereocenters. The van der Waals surface area contributed by atoms with Gasteiger partial charge in [0.1, 0.15) is 11.6 Å². The van der Waals surface area contributed by atoms with Gasteiger partial charge in [-0.2, -0.15) is 5.10 Å². The van der Waals surface area contributed by atoms with Crippen molar-refractivity contribution >= 4 is 11.9 Å². The minimum atomic E-state index is -4.90. The zero-order chi connectivity index (χ0) is 27.2.